The van der Waals surface area contributed by atoms with Gasteiger partial charge in [-0.2, -0.15) is 23.5 Å². The smallest absolute Gasteiger partial charge is 0.126 e. The Labute approximate surface area is 134 Å². The Bertz CT molecular complexity index is 444. The zero-order valence-electron chi connectivity index (χ0n) is 12.2. The van der Waals surface area contributed by atoms with E-state index in [1.54, 1.807) is 6.07 Å². The normalized spacial score (nSPS) is 22.9. The first-order valence-electron chi connectivity index (χ1n) is 7.63. The number of thioether (sulfide) groups is 2. The van der Waals surface area contributed by atoms with Crippen LogP contribution in [-0.2, 0) is 0 Å². The number of hydrogen-bond acceptors (Lipinski definition) is 4. The van der Waals surface area contributed by atoms with Crippen LogP contribution in [0.15, 0.2) is 24.3 Å². The fourth-order valence-electron chi connectivity index (χ4n) is 2.91. The number of benzene rings is 1. The lowest BCUT2D eigenvalue weighted by atomic mass is 10.1. The van der Waals surface area contributed by atoms with E-state index in [1.165, 1.54) is 35.1 Å². The van der Waals surface area contributed by atoms with Gasteiger partial charge in [-0.05, 0) is 25.0 Å². The lowest BCUT2D eigenvalue weighted by Crippen LogP contribution is -2.46. The quantitative estimate of drug-likeness (QED) is 0.842. The van der Waals surface area contributed by atoms with Crippen LogP contribution in [0.4, 0.5) is 4.39 Å². The van der Waals surface area contributed by atoms with E-state index in [4.69, 9.17) is 4.74 Å². The minimum Gasteiger partial charge on any atom is -0.490 e. The second-order valence-electron chi connectivity index (χ2n) is 5.61. The van der Waals surface area contributed by atoms with Crippen LogP contribution in [0.3, 0.4) is 0 Å². The van der Waals surface area contributed by atoms with Gasteiger partial charge >= 0.3 is 0 Å². The molecule has 0 amide bonds. The van der Waals surface area contributed by atoms with Gasteiger partial charge in [-0.3, -0.25) is 4.90 Å². The summed E-state index contributed by atoms with van der Waals surface area (Å²) in [6, 6.07) is 7.20. The van der Waals surface area contributed by atoms with E-state index in [0.29, 0.717) is 5.75 Å². The van der Waals surface area contributed by atoms with Crippen LogP contribution in [0.1, 0.15) is 12.8 Å². The van der Waals surface area contributed by atoms with Crippen molar-refractivity contribution in [2.24, 2.45) is 0 Å². The van der Waals surface area contributed by atoms with Gasteiger partial charge in [0.15, 0.2) is 0 Å². The molecule has 0 unspecified atom stereocenters. The Balaban J connectivity index is 1.48. The molecule has 0 bridgehead atoms. The van der Waals surface area contributed by atoms with Crippen molar-refractivity contribution in [2.75, 3.05) is 36.1 Å². The monoisotopic (exact) mass is 327 g/mol. The molecule has 2 nitrogen and oxygen atoms in total. The molecule has 2 fully saturated rings. The van der Waals surface area contributed by atoms with Crippen LogP contribution in [0.25, 0.3) is 0 Å². The Hall–Kier alpha value is -0.390. The summed E-state index contributed by atoms with van der Waals surface area (Å²) in [5.74, 6) is 5.55. The van der Waals surface area contributed by atoms with Crippen LogP contribution in [-0.4, -0.2) is 53.1 Å². The van der Waals surface area contributed by atoms with Crippen molar-refractivity contribution in [1.29, 1.82) is 0 Å². The summed E-state index contributed by atoms with van der Waals surface area (Å²) in [5, 5.41) is 0. The number of rotatable bonds is 3. The molecule has 0 N–H and O–H groups in total. The molecule has 2 aliphatic rings. The van der Waals surface area contributed by atoms with Gasteiger partial charge in [0.05, 0.1) is 0 Å². The molecule has 0 spiro atoms. The highest BCUT2D eigenvalue weighted by Crippen LogP contribution is 2.25. The molecule has 1 aromatic carbocycles. The summed E-state index contributed by atoms with van der Waals surface area (Å²) in [6.07, 6.45) is 2.32. The maximum absolute atomic E-state index is 13.2. The van der Waals surface area contributed by atoms with Gasteiger partial charge in [-0.15, -0.1) is 0 Å². The van der Waals surface area contributed by atoms with Crippen molar-refractivity contribution in [2.45, 2.75) is 25.0 Å². The molecule has 1 aromatic rings. The van der Waals surface area contributed by atoms with Crippen molar-refractivity contribution in [3.05, 3.63) is 30.1 Å². The molecule has 2 saturated heterocycles. The lowest BCUT2D eigenvalue weighted by molar-refractivity contribution is 0.0862. The molecule has 2 aliphatic heterocycles. The molecular formula is C16H22FNOS2. The minimum atomic E-state index is -0.225. The molecule has 0 radical (unpaired) electrons. The van der Waals surface area contributed by atoms with Gasteiger partial charge in [0.25, 0.3) is 0 Å². The van der Waals surface area contributed by atoms with Gasteiger partial charge in [0.2, 0.25) is 0 Å². The highest BCUT2D eigenvalue weighted by Gasteiger charge is 2.26. The van der Waals surface area contributed by atoms with Crippen LogP contribution in [0.5, 0.6) is 5.75 Å². The third kappa shape index (κ3) is 4.54. The number of nitrogens with zero attached hydrogens (tertiary/aromatic N) is 1. The predicted octanol–water partition coefficient (Wildman–Crippen LogP) is 3.52. The molecule has 3 rings (SSSR count). The molecule has 0 aromatic heterocycles. The van der Waals surface area contributed by atoms with E-state index in [1.807, 2.05) is 6.07 Å². The maximum Gasteiger partial charge on any atom is 0.126 e. The third-order valence-corrected chi connectivity index (χ3v) is 6.57. The summed E-state index contributed by atoms with van der Waals surface area (Å²) >= 11 is 4.17. The standard InChI is InChI=1S/C16H22FNOS2/c17-13-2-1-3-16(10-13)19-15-4-6-18(7-5-15)14-11-20-8-9-21-12-14/h1-3,10,14-15H,4-9,11-12H2. The molecule has 0 aliphatic carbocycles. The average Bonchev–Trinajstić information content (AvgIpc) is 2.77. The van der Waals surface area contributed by atoms with Gasteiger partial charge in [0, 0.05) is 48.2 Å². The van der Waals surface area contributed by atoms with Gasteiger partial charge in [-0.25, -0.2) is 4.39 Å². The first-order valence-corrected chi connectivity index (χ1v) is 9.94. The molecule has 116 valence electrons. The second kappa shape index (κ2) is 7.75. The highest BCUT2D eigenvalue weighted by molar-refractivity contribution is 8.03. The summed E-state index contributed by atoms with van der Waals surface area (Å²) in [6.45, 7) is 2.21. The second-order valence-corrected chi connectivity index (χ2v) is 7.91. The van der Waals surface area contributed by atoms with Crippen LogP contribution in [0, 0.1) is 5.82 Å². The van der Waals surface area contributed by atoms with Crippen molar-refractivity contribution >= 4 is 23.5 Å². The third-order valence-electron chi connectivity index (χ3n) is 4.08. The summed E-state index contributed by atoms with van der Waals surface area (Å²) in [4.78, 5) is 2.62. The summed E-state index contributed by atoms with van der Waals surface area (Å²) in [5.41, 5.74) is 0. The number of likely N-dealkylation sites (tertiary alicyclic amines) is 1. The number of piperidine rings is 1. The van der Waals surface area contributed by atoms with E-state index < -0.39 is 0 Å². The van der Waals surface area contributed by atoms with E-state index >= 15 is 0 Å². The van der Waals surface area contributed by atoms with Gasteiger partial charge in [-0.1, -0.05) is 6.07 Å². The Morgan fingerprint density at radius 2 is 1.81 bits per heavy atom. The topological polar surface area (TPSA) is 12.5 Å². The molecule has 0 atom stereocenters. The number of halogens is 1. The molecule has 21 heavy (non-hydrogen) atoms. The summed E-state index contributed by atoms with van der Waals surface area (Å²) in [7, 11) is 0. The molecular weight excluding hydrogens is 305 g/mol. The van der Waals surface area contributed by atoms with Crippen molar-refractivity contribution < 1.29 is 9.13 Å². The Morgan fingerprint density at radius 3 is 2.48 bits per heavy atom. The van der Waals surface area contributed by atoms with Crippen LogP contribution < -0.4 is 4.74 Å². The van der Waals surface area contributed by atoms with Crippen molar-refractivity contribution in [3.8, 4) is 5.75 Å². The Morgan fingerprint density at radius 1 is 1.10 bits per heavy atom. The van der Waals surface area contributed by atoms with Crippen molar-refractivity contribution in [3.63, 3.8) is 0 Å². The predicted molar refractivity (Wildman–Crippen MR) is 90.1 cm³/mol. The van der Waals surface area contributed by atoms with E-state index in [0.717, 1.165) is 32.0 Å². The molecule has 5 heteroatoms. The first kappa shape index (κ1) is 15.5. The van der Waals surface area contributed by atoms with Crippen molar-refractivity contribution in [1.82, 2.24) is 4.90 Å². The molecule has 2 heterocycles. The van der Waals surface area contributed by atoms with Crippen LogP contribution in [0.2, 0.25) is 0 Å². The zero-order chi connectivity index (χ0) is 14.5. The van der Waals surface area contributed by atoms with Gasteiger partial charge in [0.1, 0.15) is 17.7 Å². The number of hydrogen-bond donors (Lipinski definition) is 0. The highest BCUT2D eigenvalue weighted by atomic mass is 32.2. The van der Waals surface area contributed by atoms with Gasteiger partial charge < -0.3 is 4.74 Å². The fourth-order valence-corrected chi connectivity index (χ4v) is 5.53. The van der Waals surface area contributed by atoms with E-state index in [9.17, 15) is 4.39 Å². The van der Waals surface area contributed by atoms with Crippen LogP contribution >= 0.6 is 23.5 Å². The molecule has 0 saturated carbocycles. The SMILES string of the molecule is Fc1cccc(OC2CCN(C3CSCCSC3)CC2)c1. The maximum atomic E-state index is 13.2. The van der Waals surface area contributed by atoms with E-state index in [2.05, 4.69) is 28.4 Å². The largest absolute Gasteiger partial charge is 0.490 e. The number of ether oxygens (including phenoxy) is 1. The lowest BCUT2D eigenvalue weighted by Gasteiger charge is -2.36. The zero-order valence-corrected chi connectivity index (χ0v) is 13.8. The average molecular weight is 327 g/mol. The first-order chi connectivity index (χ1) is 10.3. The van der Waals surface area contributed by atoms with E-state index in [-0.39, 0.29) is 11.9 Å². The minimum absolute atomic E-state index is 0.225. The fraction of sp³-hybridized carbons (Fsp3) is 0.625. The Kier molecular flexibility index (Phi) is 5.72. The summed E-state index contributed by atoms with van der Waals surface area (Å²) < 4.78 is 19.1.